The van der Waals surface area contributed by atoms with Crippen molar-refractivity contribution in [3.05, 3.63) is 34.4 Å². The molecule has 0 bridgehead atoms. The molecule has 0 atom stereocenters. The highest BCUT2D eigenvalue weighted by molar-refractivity contribution is 5.78. The number of rotatable bonds is 4. The summed E-state index contributed by atoms with van der Waals surface area (Å²) in [6, 6.07) is 6.86. The molecule has 0 spiro atoms. The van der Waals surface area contributed by atoms with Gasteiger partial charge >= 0.3 is 0 Å². The molecule has 3 rings (SSSR count). The van der Waals surface area contributed by atoms with Crippen molar-refractivity contribution in [3.63, 3.8) is 0 Å². The van der Waals surface area contributed by atoms with E-state index >= 15 is 0 Å². The zero-order chi connectivity index (χ0) is 17.8. The minimum Gasteiger partial charge on any atom is -0.363 e. The van der Waals surface area contributed by atoms with Crippen LogP contribution in [0.15, 0.2) is 24.3 Å². The molecule has 0 unspecified atom stereocenters. The average Bonchev–Trinajstić information content (AvgIpc) is 2.63. The number of piperidine rings is 1. The molecule has 2 aliphatic rings. The van der Waals surface area contributed by atoms with Crippen molar-refractivity contribution in [1.82, 2.24) is 9.80 Å². The lowest BCUT2D eigenvalue weighted by atomic mass is 9.99. The smallest absolute Gasteiger partial charge is 0.292 e. The molecule has 2 saturated heterocycles. The molecular formula is C18H26N4O3. The van der Waals surface area contributed by atoms with Crippen LogP contribution in [0.5, 0.6) is 0 Å². The molecule has 2 heterocycles. The van der Waals surface area contributed by atoms with Crippen LogP contribution in [0.4, 0.5) is 11.4 Å². The maximum atomic E-state index is 12.4. The minimum atomic E-state index is -0.331. The van der Waals surface area contributed by atoms with E-state index in [-0.39, 0.29) is 16.5 Å². The van der Waals surface area contributed by atoms with Gasteiger partial charge in [0, 0.05) is 45.3 Å². The topological polar surface area (TPSA) is 69.9 Å². The zero-order valence-electron chi connectivity index (χ0n) is 14.8. The number of anilines is 1. The van der Waals surface area contributed by atoms with E-state index in [9.17, 15) is 14.9 Å². The van der Waals surface area contributed by atoms with E-state index in [0.29, 0.717) is 31.2 Å². The van der Waals surface area contributed by atoms with Crippen LogP contribution in [0.25, 0.3) is 0 Å². The zero-order valence-corrected chi connectivity index (χ0v) is 14.8. The molecule has 2 aliphatic heterocycles. The van der Waals surface area contributed by atoms with Crippen molar-refractivity contribution >= 4 is 17.3 Å². The van der Waals surface area contributed by atoms with E-state index in [1.54, 1.807) is 18.2 Å². The number of hydrogen-bond donors (Lipinski definition) is 0. The third-order valence-electron chi connectivity index (χ3n) is 5.29. The molecule has 0 aromatic heterocycles. The molecule has 136 valence electrons. The Balaban J connectivity index is 1.52. The van der Waals surface area contributed by atoms with Crippen LogP contribution < -0.4 is 4.90 Å². The van der Waals surface area contributed by atoms with Crippen molar-refractivity contribution in [1.29, 1.82) is 0 Å². The molecule has 0 saturated carbocycles. The Labute approximate surface area is 148 Å². The quantitative estimate of drug-likeness (QED) is 0.616. The van der Waals surface area contributed by atoms with Crippen LogP contribution in [0.3, 0.4) is 0 Å². The molecule has 0 radical (unpaired) electrons. The molecule has 7 nitrogen and oxygen atoms in total. The average molecular weight is 346 g/mol. The molecule has 1 amide bonds. The summed E-state index contributed by atoms with van der Waals surface area (Å²) in [5.74, 6) is 0.931. The Morgan fingerprint density at radius 2 is 1.76 bits per heavy atom. The Bertz CT molecular complexity index is 621. The van der Waals surface area contributed by atoms with Crippen LogP contribution >= 0.6 is 0 Å². The first-order valence-corrected chi connectivity index (χ1v) is 9.03. The molecule has 0 N–H and O–H groups in total. The summed E-state index contributed by atoms with van der Waals surface area (Å²) >= 11 is 0. The number of piperazine rings is 1. The van der Waals surface area contributed by atoms with Gasteiger partial charge in [-0.1, -0.05) is 19.1 Å². The number of carbonyl (C=O) groups is 1. The minimum absolute atomic E-state index is 0.148. The van der Waals surface area contributed by atoms with E-state index in [1.807, 2.05) is 15.9 Å². The summed E-state index contributed by atoms with van der Waals surface area (Å²) in [6.07, 6.45) is 2.19. The van der Waals surface area contributed by atoms with E-state index in [4.69, 9.17) is 0 Å². The van der Waals surface area contributed by atoms with Crippen LogP contribution in [-0.2, 0) is 4.79 Å². The van der Waals surface area contributed by atoms with E-state index in [1.165, 1.54) is 0 Å². The van der Waals surface area contributed by atoms with Gasteiger partial charge in [0.15, 0.2) is 0 Å². The molecule has 1 aromatic rings. The highest BCUT2D eigenvalue weighted by Gasteiger charge is 2.26. The summed E-state index contributed by atoms with van der Waals surface area (Å²) in [6.45, 7) is 7.35. The van der Waals surface area contributed by atoms with Gasteiger partial charge in [0.2, 0.25) is 5.91 Å². The lowest BCUT2D eigenvalue weighted by Gasteiger charge is -2.37. The molecule has 7 heteroatoms. The summed E-state index contributed by atoms with van der Waals surface area (Å²) < 4.78 is 0. The van der Waals surface area contributed by atoms with Crippen molar-refractivity contribution in [2.75, 3.05) is 50.7 Å². The molecule has 1 aromatic carbocycles. The molecular weight excluding hydrogens is 320 g/mol. The third kappa shape index (κ3) is 4.28. The number of nitro groups is 1. The summed E-state index contributed by atoms with van der Waals surface area (Å²) in [5.41, 5.74) is 0.818. The first-order chi connectivity index (χ1) is 12.0. The summed E-state index contributed by atoms with van der Waals surface area (Å²) in [5, 5.41) is 11.2. The largest absolute Gasteiger partial charge is 0.363 e. The lowest BCUT2D eigenvalue weighted by molar-refractivity contribution is -0.384. The number of nitro benzene ring substituents is 1. The number of benzene rings is 1. The standard InChI is InChI=1S/C18H26N4O3/c1-15-6-8-21(9-7-15)18(23)14-19-10-12-20(13-11-19)16-4-2-3-5-17(16)22(24)25/h2-5,15H,6-14H2,1H3. The number of amides is 1. The lowest BCUT2D eigenvalue weighted by Crippen LogP contribution is -2.51. The van der Waals surface area contributed by atoms with Crippen molar-refractivity contribution in [2.24, 2.45) is 5.92 Å². The predicted octanol–water partition coefficient (Wildman–Crippen LogP) is 1.98. The molecule has 0 aliphatic carbocycles. The third-order valence-corrected chi connectivity index (χ3v) is 5.29. The Kier molecular flexibility index (Phi) is 5.53. The van der Waals surface area contributed by atoms with Crippen LogP contribution in [0.1, 0.15) is 19.8 Å². The van der Waals surface area contributed by atoms with Gasteiger partial charge in [0.25, 0.3) is 5.69 Å². The van der Waals surface area contributed by atoms with Gasteiger partial charge in [-0.2, -0.15) is 0 Å². The SMILES string of the molecule is CC1CCN(C(=O)CN2CCN(c3ccccc3[N+](=O)[O-])CC2)CC1. The maximum Gasteiger partial charge on any atom is 0.292 e. The van der Waals surface area contributed by atoms with E-state index < -0.39 is 0 Å². The highest BCUT2D eigenvalue weighted by atomic mass is 16.6. The fourth-order valence-corrected chi connectivity index (χ4v) is 3.58. The van der Waals surface area contributed by atoms with Crippen LogP contribution in [0, 0.1) is 16.0 Å². The molecule has 2 fully saturated rings. The Hall–Kier alpha value is -2.15. The number of likely N-dealkylation sites (tertiary alicyclic amines) is 1. The van der Waals surface area contributed by atoms with Crippen LogP contribution in [-0.4, -0.2) is 66.4 Å². The Morgan fingerprint density at radius 1 is 1.12 bits per heavy atom. The van der Waals surface area contributed by atoms with Gasteiger partial charge in [0.05, 0.1) is 11.5 Å². The van der Waals surface area contributed by atoms with Gasteiger partial charge in [-0.3, -0.25) is 19.8 Å². The molecule has 25 heavy (non-hydrogen) atoms. The van der Waals surface area contributed by atoms with Crippen molar-refractivity contribution in [2.45, 2.75) is 19.8 Å². The number of para-hydroxylation sites is 2. The van der Waals surface area contributed by atoms with Gasteiger partial charge in [-0.05, 0) is 24.8 Å². The first kappa shape index (κ1) is 17.7. The van der Waals surface area contributed by atoms with Crippen LogP contribution in [0.2, 0.25) is 0 Å². The second-order valence-electron chi connectivity index (χ2n) is 7.07. The van der Waals surface area contributed by atoms with Gasteiger partial charge in [-0.25, -0.2) is 0 Å². The fraction of sp³-hybridized carbons (Fsp3) is 0.611. The van der Waals surface area contributed by atoms with Gasteiger partial charge in [0.1, 0.15) is 5.69 Å². The Morgan fingerprint density at radius 3 is 2.40 bits per heavy atom. The summed E-state index contributed by atoms with van der Waals surface area (Å²) in [7, 11) is 0. The second kappa shape index (κ2) is 7.82. The first-order valence-electron chi connectivity index (χ1n) is 9.03. The second-order valence-corrected chi connectivity index (χ2v) is 7.07. The highest BCUT2D eigenvalue weighted by Crippen LogP contribution is 2.28. The maximum absolute atomic E-state index is 12.4. The number of carbonyl (C=O) groups excluding carboxylic acids is 1. The normalized spacial score (nSPS) is 19.9. The number of nitrogens with zero attached hydrogens (tertiary/aromatic N) is 4. The monoisotopic (exact) mass is 346 g/mol. The van der Waals surface area contributed by atoms with Crippen molar-refractivity contribution in [3.8, 4) is 0 Å². The fourth-order valence-electron chi connectivity index (χ4n) is 3.58. The van der Waals surface area contributed by atoms with Gasteiger partial charge < -0.3 is 9.80 Å². The summed E-state index contributed by atoms with van der Waals surface area (Å²) in [4.78, 5) is 29.5. The van der Waals surface area contributed by atoms with Gasteiger partial charge in [-0.15, -0.1) is 0 Å². The van der Waals surface area contributed by atoms with E-state index in [0.717, 1.165) is 39.0 Å². The predicted molar refractivity (Wildman–Crippen MR) is 96.7 cm³/mol. The van der Waals surface area contributed by atoms with Crippen molar-refractivity contribution < 1.29 is 9.72 Å². The number of hydrogen-bond acceptors (Lipinski definition) is 5. The van der Waals surface area contributed by atoms with E-state index in [2.05, 4.69) is 11.8 Å².